The van der Waals surface area contributed by atoms with Crippen LogP contribution in [0.25, 0.3) is 0 Å². The second-order valence-corrected chi connectivity index (χ2v) is 3.88. The lowest BCUT2D eigenvalue weighted by molar-refractivity contribution is -0.138. The van der Waals surface area contributed by atoms with Gasteiger partial charge in [-0.3, -0.25) is 0 Å². The quantitative estimate of drug-likeness (QED) is 0.822. The van der Waals surface area contributed by atoms with Gasteiger partial charge >= 0.3 is 6.18 Å². The molecular formula is C11H12F5N. The highest BCUT2D eigenvalue weighted by Crippen LogP contribution is 2.34. The summed E-state index contributed by atoms with van der Waals surface area (Å²) in [6.45, 7) is 1.07. The van der Waals surface area contributed by atoms with Crippen LogP contribution in [0.5, 0.6) is 0 Å². The van der Waals surface area contributed by atoms with E-state index in [1.165, 1.54) is 6.07 Å². The monoisotopic (exact) mass is 253 g/mol. The van der Waals surface area contributed by atoms with Gasteiger partial charge in [-0.2, -0.15) is 13.2 Å². The molecule has 0 aliphatic carbocycles. The Morgan fingerprint density at radius 1 is 1.12 bits per heavy atom. The summed E-state index contributed by atoms with van der Waals surface area (Å²) >= 11 is 0. The third-order valence-electron chi connectivity index (χ3n) is 2.42. The van der Waals surface area contributed by atoms with Crippen LogP contribution in [0.4, 0.5) is 22.0 Å². The average Bonchev–Trinajstić information content (AvgIpc) is 2.15. The molecule has 17 heavy (non-hydrogen) atoms. The summed E-state index contributed by atoms with van der Waals surface area (Å²) in [7, 11) is 0. The molecule has 0 aromatic heterocycles. The van der Waals surface area contributed by atoms with E-state index < -0.39 is 35.7 Å². The molecule has 0 amide bonds. The summed E-state index contributed by atoms with van der Waals surface area (Å²) < 4.78 is 64.3. The second kappa shape index (κ2) is 4.60. The topological polar surface area (TPSA) is 26.0 Å². The lowest BCUT2D eigenvalue weighted by Gasteiger charge is -2.22. The molecule has 1 unspecified atom stereocenters. The van der Waals surface area contributed by atoms with Gasteiger partial charge in [0.05, 0.1) is 11.6 Å². The first kappa shape index (κ1) is 13.9. The molecule has 6 heteroatoms. The van der Waals surface area contributed by atoms with Gasteiger partial charge in [0.2, 0.25) is 0 Å². The van der Waals surface area contributed by atoms with E-state index in [4.69, 9.17) is 5.73 Å². The summed E-state index contributed by atoms with van der Waals surface area (Å²) in [5, 5.41) is 0. The van der Waals surface area contributed by atoms with Crippen molar-refractivity contribution in [2.75, 3.05) is 0 Å². The third-order valence-corrected chi connectivity index (χ3v) is 2.42. The van der Waals surface area contributed by atoms with Gasteiger partial charge in [0.15, 0.2) is 0 Å². The Morgan fingerprint density at radius 3 is 2.12 bits per heavy atom. The molecule has 1 aromatic rings. The van der Waals surface area contributed by atoms with Gasteiger partial charge in [0.1, 0.15) is 0 Å². The van der Waals surface area contributed by atoms with Crippen molar-refractivity contribution in [2.45, 2.75) is 31.5 Å². The Morgan fingerprint density at radius 2 is 1.65 bits per heavy atom. The SMILES string of the molecule is CC(N)C(F)(F)Cc1ccccc1C(F)(F)F. The molecule has 0 heterocycles. The van der Waals surface area contributed by atoms with Gasteiger partial charge in [-0.15, -0.1) is 0 Å². The summed E-state index contributed by atoms with van der Waals surface area (Å²) in [4.78, 5) is 0. The number of halogens is 5. The van der Waals surface area contributed by atoms with Gasteiger partial charge in [-0.1, -0.05) is 18.2 Å². The van der Waals surface area contributed by atoms with Crippen LogP contribution in [-0.2, 0) is 12.6 Å². The van der Waals surface area contributed by atoms with Crippen molar-refractivity contribution in [3.63, 3.8) is 0 Å². The van der Waals surface area contributed by atoms with E-state index in [0.29, 0.717) is 0 Å². The van der Waals surface area contributed by atoms with E-state index in [1.807, 2.05) is 0 Å². The molecular weight excluding hydrogens is 241 g/mol. The van der Waals surface area contributed by atoms with Gasteiger partial charge < -0.3 is 5.73 Å². The number of nitrogens with two attached hydrogens (primary N) is 1. The summed E-state index contributed by atoms with van der Waals surface area (Å²) in [5.74, 6) is -3.36. The maximum absolute atomic E-state index is 13.3. The average molecular weight is 253 g/mol. The summed E-state index contributed by atoms with van der Waals surface area (Å²) in [6, 6.07) is 2.79. The molecule has 0 radical (unpaired) electrons. The van der Waals surface area contributed by atoms with Crippen molar-refractivity contribution in [1.29, 1.82) is 0 Å². The van der Waals surface area contributed by atoms with E-state index in [9.17, 15) is 22.0 Å². The van der Waals surface area contributed by atoms with E-state index >= 15 is 0 Å². The first-order valence-electron chi connectivity index (χ1n) is 4.93. The Bertz CT molecular complexity index is 384. The number of hydrogen-bond donors (Lipinski definition) is 1. The standard InChI is InChI=1S/C11H12F5N/c1-7(17)10(12,13)6-8-4-2-3-5-9(8)11(14,15)16/h2-5,7H,6,17H2,1H3. The zero-order valence-electron chi connectivity index (χ0n) is 9.06. The fourth-order valence-corrected chi connectivity index (χ4v) is 1.37. The van der Waals surface area contributed by atoms with E-state index in [1.54, 1.807) is 0 Å². The van der Waals surface area contributed by atoms with Gasteiger partial charge in [0, 0.05) is 6.42 Å². The molecule has 2 N–H and O–H groups in total. The highest BCUT2D eigenvalue weighted by molar-refractivity contribution is 5.30. The van der Waals surface area contributed by atoms with Gasteiger partial charge in [-0.25, -0.2) is 8.78 Å². The molecule has 96 valence electrons. The lowest BCUT2D eigenvalue weighted by atomic mass is 9.98. The molecule has 1 nitrogen and oxygen atoms in total. The van der Waals surface area contributed by atoms with Crippen molar-refractivity contribution >= 4 is 0 Å². The first-order valence-corrected chi connectivity index (χ1v) is 4.93. The van der Waals surface area contributed by atoms with E-state index in [0.717, 1.165) is 25.1 Å². The van der Waals surface area contributed by atoms with Crippen molar-refractivity contribution in [1.82, 2.24) is 0 Å². The van der Waals surface area contributed by atoms with E-state index in [2.05, 4.69) is 0 Å². The largest absolute Gasteiger partial charge is 0.416 e. The zero-order valence-corrected chi connectivity index (χ0v) is 9.06. The maximum atomic E-state index is 13.3. The minimum Gasteiger partial charge on any atom is -0.323 e. The Kier molecular flexibility index (Phi) is 3.76. The first-order chi connectivity index (χ1) is 7.64. The molecule has 0 aliphatic rings. The van der Waals surface area contributed by atoms with Crippen LogP contribution in [0.3, 0.4) is 0 Å². The highest BCUT2D eigenvalue weighted by Gasteiger charge is 2.39. The van der Waals surface area contributed by atoms with Crippen LogP contribution in [0.2, 0.25) is 0 Å². The predicted molar refractivity (Wildman–Crippen MR) is 53.7 cm³/mol. The van der Waals surface area contributed by atoms with Crippen molar-refractivity contribution in [3.8, 4) is 0 Å². The molecule has 1 aromatic carbocycles. The number of hydrogen-bond acceptors (Lipinski definition) is 1. The van der Waals surface area contributed by atoms with Crippen molar-refractivity contribution in [2.24, 2.45) is 5.73 Å². The maximum Gasteiger partial charge on any atom is 0.416 e. The van der Waals surface area contributed by atoms with Crippen LogP contribution in [-0.4, -0.2) is 12.0 Å². The molecule has 0 saturated carbocycles. The van der Waals surface area contributed by atoms with Crippen molar-refractivity contribution < 1.29 is 22.0 Å². The molecule has 0 fully saturated rings. The minimum absolute atomic E-state index is 0.442. The predicted octanol–water partition coefficient (Wildman–Crippen LogP) is 3.23. The molecule has 0 saturated heterocycles. The molecule has 1 rings (SSSR count). The zero-order chi connectivity index (χ0) is 13.3. The van der Waals surface area contributed by atoms with Crippen LogP contribution in [0.1, 0.15) is 18.1 Å². The fraction of sp³-hybridized carbons (Fsp3) is 0.455. The summed E-state index contributed by atoms with van der Waals surface area (Å²) in [6.07, 6.45) is -5.65. The third kappa shape index (κ3) is 3.39. The van der Waals surface area contributed by atoms with Gasteiger partial charge in [0.25, 0.3) is 5.92 Å². The smallest absolute Gasteiger partial charge is 0.323 e. The lowest BCUT2D eigenvalue weighted by Crippen LogP contribution is -2.40. The Balaban J connectivity index is 3.08. The number of alkyl halides is 5. The van der Waals surface area contributed by atoms with Crippen LogP contribution in [0.15, 0.2) is 24.3 Å². The highest BCUT2D eigenvalue weighted by atomic mass is 19.4. The van der Waals surface area contributed by atoms with Crippen LogP contribution >= 0.6 is 0 Å². The molecule has 0 bridgehead atoms. The Labute approximate surface area is 95.4 Å². The molecule has 0 aliphatic heterocycles. The van der Waals surface area contributed by atoms with Gasteiger partial charge in [-0.05, 0) is 18.6 Å². The molecule has 0 spiro atoms. The summed E-state index contributed by atoms with van der Waals surface area (Å²) in [5.41, 5.74) is 3.56. The van der Waals surface area contributed by atoms with E-state index in [-0.39, 0.29) is 0 Å². The fourth-order valence-electron chi connectivity index (χ4n) is 1.37. The van der Waals surface area contributed by atoms with Crippen LogP contribution < -0.4 is 5.73 Å². The number of benzene rings is 1. The van der Waals surface area contributed by atoms with Crippen LogP contribution in [0, 0.1) is 0 Å². The second-order valence-electron chi connectivity index (χ2n) is 3.88. The normalized spacial score (nSPS) is 14.8. The number of rotatable bonds is 3. The Hall–Kier alpha value is -1.17. The molecule has 1 atom stereocenters. The van der Waals surface area contributed by atoms with Crippen molar-refractivity contribution in [3.05, 3.63) is 35.4 Å². The minimum atomic E-state index is -4.63.